The van der Waals surface area contributed by atoms with Crippen LogP contribution in [-0.4, -0.2) is 71.5 Å². The molecule has 2 rings (SSSR count). The zero-order valence-electron chi connectivity index (χ0n) is 14.0. The zero-order valence-corrected chi connectivity index (χ0v) is 15.8. The third kappa shape index (κ3) is 4.28. The molecule has 1 N–H and O–H groups in total. The van der Waals surface area contributed by atoms with Crippen LogP contribution in [0.1, 0.15) is 20.8 Å². The largest absolute Gasteiger partial charge is 0.415 e. The van der Waals surface area contributed by atoms with Gasteiger partial charge in [0.15, 0.2) is 18.2 Å². The summed E-state index contributed by atoms with van der Waals surface area (Å²) in [6.45, 7) is 14.3. The summed E-state index contributed by atoms with van der Waals surface area (Å²) < 4.78 is 29.6. The molecule has 1 unspecified atom stereocenters. The molecule has 5 nitrogen and oxygen atoms in total. The van der Waals surface area contributed by atoms with Gasteiger partial charge in [-0.2, -0.15) is 0 Å². The molecule has 0 aromatic heterocycles. The molecule has 2 aliphatic heterocycles. The first-order valence-electron chi connectivity index (χ1n) is 7.82. The summed E-state index contributed by atoms with van der Waals surface area (Å²) >= 11 is 0. The highest BCUT2D eigenvalue weighted by Gasteiger charge is 2.39. The second kappa shape index (κ2) is 5.92. The fourth-order valence-electron chi connectivity index (χ4n) is 2.64. The standard InChI is InChI=1S/C14H30N2O3SSi/c1-14(2,3)21(4,5)19-10-12-9-16-6-7-20(17,18)11-13(16)8-15-12/h12-13,15H,6-11H2,1-5H3/t12?,13-/m0/s1. The molecule has 0 aliphatic carbocycles. The Morgan fingerprint density at radius 1 is 1.33 bits per heavy atom. The molecule has 0 bridgehead atoms. The van der Waals surface area contributed by atoms with Crippen LogP contribution < -0.4 is 5.32 Å². The van der Waals surface area contributed by atoms with E-state index in [-0.39, 0.29) is 11.1 Å². The van der Waals surface area contributed by atoms with Crippen LogP contribution in [-0.2, 0) is 14.3 Å². The van der Waals surface area contributed by atoms with E-state index in [0.29, 0.717) is 24.1 Å². The maximum atomic E-state index is 11.7. The Labute approximate surface area is 130 Å². The number of nitrogens with one attached hydrogen (secondary N) is 1. The molecule has 21 heavy (non-hydrogen) atoms. The lowest BCUT2D eigenvalue weighted by molar-refractivity contribution is 0.114. The summed E-state index contributed by atoms with van der Waals surface area (Å²) in [5.74, 6) is 0.606. The van der Waals surface area contributed by atoms with Crippen molar-refractivity contribution in [2.75, 3.05) is 37.7 Å². The van der Waals surface area contributed by atoms with E-state index in [1.807, 2.05) is 0 Å². The quantitative estimate of drug-likeness (QED) is 0.783. The molecule has 0 aromatic rings. The first-order valence-corrected chi connectivity index (χ1v) is 12.5. The van der Waals surface area contributed by atoms with Crippen molar-refractivity contribution in [3.05, 3.63) is 0 Å². The smallest absolute Gasteiger partial charge is 0.192 e. The molecule has 0 saturated carbocycles. The van der Waals surface area contributed by atoms with Gasteiger partial charge in [-0.3, -0.25) is 4.90 Å². The minimum atomic E-state index is -2.83. The van der Waals surface area contributed by atoms with E-state index in [1.165, 1.54) is 0 Å². The third-order valence-electron chi connectivity index (χ3n) is 5.20. The first-order chi connectivity index (χ1) is 9.50. The van der Waals surface area contributed by atoms with E-state index in [9.17, 15) is 8.42 Å². The highest BCUT2D eigenvalue weighted by atomic mass is 32.2. The molecular weight excluding hydrogens is 304 g/mol. The number of fused-ring (bicyclic) bond motifs is 1. The van der Waals surface area contributed by atoms with Crippen LogP contribution in [0.15, 0.2) is 0 Å². The van der Waals surface area contributed by atoms with Gasteiger partial charge in [0, 0.05) is 31.7 Å². The van der Waals surface area contributed by atoms with Gasteiger partial charge in [-0.1, -0.05) is 20.8 Å². The van der Waals surface area contributed by atoms with E-state index in [2.05, 4.69) is 44.1 Å². The second-order valence-electron chi connectivity index (χ2n) is 7.94. The summed E-state index contributed by atoms with van der Waals surface area (Å²) in [6.07, 6.45) is 0. The summed E-state index contributed by atoms with van der Waals surface area (Å²) in [5.41, 5.74) is 0. The van der Waals surface area contributed by atoms with Gasteiger partial charge < -0.3 is 9.74 Å². The van der Waals surface area contributed by atoms with Crippen molar-refractivity contribution in [3.63, 3.8) is 0 Å². The van der Waals surface area contributed by atoms with Gasteiger partial charge in [0.2, 0.25) is 0 Å². The molecule has 0 aromatic carbocycles. The maximum Gasteiger partial charge on any atom is 0.192 e. The van der Waals surface area contributed by atoms with Gasteiger partial charge in [0.25, 0.3) is 0 Å². The lowest BCUT2D eigenvalue weighted by atomic mass is 10.1. The number of sulfone groups is 1. The molecule has 0 spiro atoms. The molecule has 2 atom stereocenters. The fourth-order valence-corrected chi connectivity index (χ4v) is 5.28. The highest BCUT2D eigenvalue weighted by Crippen LogP contribution is 2.36. The number of nitrogens with zero attached hydrogens (tertiary/aromatic N) is 1. The van der Waals surface area contributed by atoms with Gasteiger partial charge in [0.1, 0.15) is 0 Å². The molecule has 7 heteroatoms. The van der Waals surface area contributed by atoms with Gasteiger partial charge in [0.05, 0.1) is 18.1 Å². The summed E-state index contributed by atoms with van der Waals surface area (Å²) in [4.78, 5) is 2.32. The van der Waals surface area contributed by atoms with E-state index in [1.54, 1.807) is 0 Å². The predicted octanol–water partition coefficient (Wildman–Crippen LogP) is 1.08. The SMILES string of the molecule is CC(C)(C)[Si](C)(C)OCC1CN2CCS(=O)(=O)C[C@@H]2CN1. The number of rotatable bonds is 3. The molecule has 2 fully saturated rings. The molecule has 2 saturated heterocycles. The van der Waals surface area contributed by atoms with Gasteiger partial charge in [-0.25, -0.2) is 8.42 Å². The number of hydrogen-bond donors (Lipinski definition) is 1. The topological polar surface area (TPSA) is 58.6 Å². The average molecular weight is 335 g/mol. The van der Waals surface area contributed by atoms with Crippen LogP contribution in [0.3, 0.4) is 0 Å². The van der Waals surface area contributed by atoms with E-state index < -0.39 is 18.2 Å². The van der Waals surface area contributed by atoms with E-state index in [4.69, 9.17) is 4.43 Å². The zero-order chi connectivity index (χ0) is 15.9. The van der Waals surface area contributed by atoms with Crippen molar-refractivity contribution in [1.82, 2.24) is 10.2 Å². The summed E-state index contributed by atoms with van der Waals surface area (Å²) in [7, 11) is -4.54. The third-order valence-corrected chi connectivity index (χ3v) is 11.4. The van der Waals surface area contributed by atoms with Crippen molar-refractivity contribution in [2.24, 2.45) is 0 Å². The van der Waals surface area contributed by atoms with E-state index >= 15 is 0 Å². The van der Waals surface area contributed by atoms with Gasteiger partial charge >= 0.3 is 0 Å². The van der Waals surface area contributed by atoms with Crippen LogP contribution in [0.25, 0.3) is 0 Å². The summed E-state index contributed by atoms with van der Waals surface area (Å²) in [6, 6.07) is 0.462. The lowest BCUT2D eigenvalue weighted by Crippen LogP contribution is -2.63. The molecule has 0 radical (unpaired) electrons. The first kappa shape index (κ1) is 17.4. The van der Waals surface area contributed by atoms with Crippen molar-refractivity contribution in [1.29, 1.82) is 0 Å². The number of piperazine rings is 1. The Bertz CT molecular complexity index is 473. The molecule has 0 amide bonds. The molecular formula is C14H30N2O3SSi. The van der Waals surface area contributed by atoms with Gasteiger partial charge in [-0.05, 0) is 18.1 Å². The predicted molar refractivity (Wildman–Crippen MR) is 89.0 cm³/mol. The monoisotopic (exact) mass is 334 g/mol. The minimum absolute atomic E-state index is 0.146. The molecule has 2 heterocycles. The normalized spacial score (nSPS) is 30.9. The molecule has 2 aliphatic rings. The average Bonchev–Trinajstić information content (AvgIpc) is 2.34. The van der Waals surface area contributed by atoms with Crippen molar-refractivity contribution in [2.45, 2.75) is 51.0 Å². The van der Waals surface area contributed by atoms with Crippen molar-refractivity contribution < 1.29 is 12.8 Å². The van der Waals surface area contributed by atoms with Crippen LogP contribution in [0.5, 0.6) is 0 Å². The van der Waals surface area contributed by atoms with Crippen molar-refractivity contribution in [3.8, 4) is 0 Å². The Kier molecular flexibility index (Phi) is 4.91. The van der Waals surface area contributed by atoms with Crippen molar-refractivity contribution >= 4 is 18.2 Å². The van der Waals surface area contributed by atoms with Crippen LogP contribution >= 0.6 is 0 Å². The minimum Gasteiger partial charge on any atom is -0.415 e. The van der Waals surface area contributed by atoms with Gasteiger partial charge in [-0.15, -0.1) is 0 Å². The fraction of sp³-hybridized carbons (Fsp3) is 1.00. The van der Waals surface area contributed by atoms with Crippen LogP contribution in [0.4, 0.5) is 0 Å². The highest BCUT2D eigenvalue weighted by molar-refractivity contribution is 7.91. The van der Waals surface area contributed by atoms with Crippen LogP contribution in [0, 0.1) is 0 Å². The summed E-state index contributed by atoms with van der Waals surface area (Å²) in [5, 5.41) is 3.70. The second-order valence-corrected chi connectivity index (χ2v) is 15.0. The Balaban J connectivity index is 1.86. The Hall–Kier alpha value is 0.0469. The number of hydrogen-bond acceptors (Lipinski definition) is 5. The Morgan fingerprint density at radius 3 is 2.62 bits per heavy atom. The maximum absolute atomic E-state index is 11.7. The van der Waals surface area contributed by atoms with Crippen LogP contribution in [0.2, 0.25) is 18.1 Å². The lowest BCUT2D eigenvalue weighted by Gasteiger charge is -2.44. The molecule has 124 valence electrons. The van der Waals surface area contributed by atoms with E-state index in [0.717, 1.165) is 19.7 Å². The Morgan fingerprint density at radius 2 is 2.00 bits per heavy atom.